The van der Waals surface area contributed by atoms with Crippen molar-refractivity contribution in [3.05, 3.63) is 83.8 Å². The van der Waals surface area contributed by atoms with Crippen LogP contribution in [0, 0.1) is 5.82 Å². The van der Waals surface area contributed by atoms with Crippen molar-refractivity contribution in [2.45, 2.75) is 38.3 Å². The zero-order chi connectivity index (χ0) is 22.5. The molecule has 5 rings (SSSR count). The van der Waals surface area contributed by atoms with Gasteiger partial charge in [-0.3, -0.25) is 4.90 Å². The molecular weight excluding hydrogens is 415 g/mol. The molecule has 7 heteroatoms. The number of hydrogen-bond acceptors (Lipinski definition) is 4. The predicted molar refractivity (Wildman–Crippen MR) is 129 cm³/mol. The van der Waals surface area contributed by atoms with Gasteiger partial charge in [-0.05, 0) is 66.6 Å². The Morgan fingerprint density at radius 3 is 2.79 bits per heavy atom. The van der Waals surface area contributed by atoms with Gasteiger partial charge in [0.25, 0.3) is 0 Å². The summed E-state index contributed by atoms with van der Waals surface area (Å²) in [6.45, 7) is 4.88. The van der Waals surface area contributed by atoms with Crippen molar-refractivity contribution in [3.63, 3.8) is 0 Å². The summed E-state index contributed by atoms with van der Waals surface area (Å²) in [7, 11) is 0. The molecule has 0 bridgehead atoms. The number of nitrogens with one attached hydrogen (secondary N) is 2. The van der Waals surface area contributed by atoms with Crippen LogP contribution in [0.3, 0.4) is 0 Å². The van der Waals surface area contributed by atoms with Crippen LogP contribution in [0.2, 0.25) is 0 Å². The third-order valence-electron chi connectivity index (χ3n) is 6.65. The minimum Gasteiger partial charge on any atom is -0.361 e. The Kier molecular flexibility index (Phi) is 6.79. The molecule has 0 saturated carbocycles. The van der Waals surface area contributed by atoms with E-state index in [-0.39, 0.29) is 5.82 Å². The van der Waals surface area contributed by atoms with Crippen molar-refractivity contribution in [1.29, 1.82) is 0 Å². The predicted octanol–water partition coefficient (Wildman–Crippen LogP) is 3.79. The summed E-state index contributed by atoms with van der Waals surface area (Å²) < 4.78 is 15.6. The molecule has 0 amide bonds. The van der Waals surface area contributed by atoms with Crippen LogP contribution in [0.1, 0.15) is 29.5 Å². The van der Waals surface area contributed by atoms with E-state index in [1.807, 2.05) is 10.7 Å². The van der Waals surface area contributed by atoms with Crippen LogP contribution in [0.5, 0.6) is 0 Å². The van der Waals surface area contributed by atoms with Crippen LogP contribution in [-0.2, 0) is 19.4 Å². The standard InChI is InChI=1S/C26H31FN6/c27-23-5-1-3-20(13-23)14-24(32-11-9-28-10-12-32)6-2-4-22-16-30-26-8-7-21(15-25(22)26)17-33-19-29-18-31-33/h1,3,5,7-8,13,15-16,18-19,24,28,30H,2,4,6,9-12,14,17H2. The van der Waals surface area contributed by atoms with Gasteiger partial charge in [0.15, 0.2) is 0 Å². The Bertz CT molecular complexity index is 1160. The lowest BCUT2D eigenvalue weighted by molar-refractivity contribution is 0.161. The van der Waals surface area contributed by atoms with Gasteiger partial charge in [0.1, 0.15) is 18.5 Å². The second-order valence-electron chi connectivity index (χ2n) is 8.95. The lowest BCUT2D eigenvalue weighted by Gasteiger charge is -2.35. The summed E-state index contributed by atoms with van der Waals surface area (Å²) in [6.07, 6.45) is 9.59. The zero-order valence-corrected chi connectivity index (χ0v) is 18.9. The molecular formula is C26H31FN6. The molecule has 33 heavy (non-hydrogen) atoms. The number of piperazine rings is 1. The second-order valence-corrected chi connectivity index (χ2v) is 8.95. The number of hydrogen-bond donors (Lipinski definition) is 2. The van der Waals surface area contributed by atoms with Gasteiger partial charge in [-0.15, -0.1) is 0 Å². The summed E-state index contributed by atoms with van der Waals surface area (Å²) >= 11 is 0. The van der Waals surface area contributed by atoms with E-state index in [2.05, 4.69) is 55.7 Å². The highest BCUT2D eigenvalue weighted by molar-refractivity contribution is 5.83. The van der Waals surface area contributed by atoms with Gasteiger partial charge in [0.05, 0.1) is 6.54 Å². The van der Waals surface area contributed by atoms with E-state index >= 15 is 0 Å². The summed E-state index contributed by atoms with van der Waals surface area (Å²) in [5.74, 6) is -0.146. The van der Waals surface area contributed by atoms with Crippen LogP contribution in [0.4, 0.5) is 4.39 Å². The molecule has 1 aliphatic heterocycles. The summed E-state index contributed by atoms with van der Waals surface area (Å²) in [5.41, 5.74) is 4.84. The van der Waals surface area contributed by atoms with Gasteiger partial charge in [0.2, 0.25) is 0 Å². The van der Waals surface area contributed by atoms with Gasteiger partial charge in [-0.25, -0.2) is 14.1 Å². The molecule has 1 atom stereocenters. The quantitative estimate of drug-likeness (QED) is 0.411. The van der Waals surface area contributed by atoms with Crippen LogP contribution in [0.25, 0.3) is 10.9 Å². The average molecular weight is 447 g/mol. The third kappa shape index (κ3) is 5.49. The highest BCUT2D eigenvalue weighted by atomic mass is 19.1. The van der Waals surface area contributed by atoms with Crippen molar-refractivity contribution in [2.75, 3.05) is 26.2 Å². The molecule has 1 aliphatic rings. The van der Waals surface area contributed by atoms with Crippen LogP contribution in [-0.4, -0.2) is 56.9 Å². The van der Waals surface area contributed by atoms with Gasteiger partial charge in [-0.2, -0.15) is 5.10 Å². The summed E-state index contributed by atoms with van der Waals surface area (Å²) in [6, 6.07) is 14.1. The van der Waals surface area contributed by atoms with Crippen molar-refractivity contribution in [3.8, 4) is 0 Å². The summed E-state index contributed by atoms with van der Waals surface area (Å²) in [5, 5.41) is 8.95. The molecule has 172 valence electrons. The van der Waals surface area contributed by atoms with Crippen molar-refractivity contribution >= 4 is 10.9 Å². The fourth-order valence-electron chi connectivity index (χ4n) is 4.96. The number of benzene rings is 2. The van der Waals surface area contributed by atoms with E-state index in [0.29, 0.717) is 6.04 Å². The van der Waals surface area contributed by atoms with E-state index in [0.717, 1.165) is 64.0 Å². The number of H-pyrrole nitrogens is 1. The molecule has 0 radical (unpaired) electrons. The van der Waals surface area contributed by atoms with Crippen molar-refractivity contribution in [2.24, 2.45) is 0 Å². The first-order valence-electron chi connectivity index (χ1n) is 11.8. The maximum absolute atomic E-state index is 13.8. The first-order valence-corrected chi connectivity index (χ1v) is 11.8. The number of halogens is 1. The van der Waals surface area contributed by atoms with Gasteiger partial charge in [0, 0.05) is 49.3 Å². The number of nitrogens with zero attached hydrogens (tertiary/aromatic N) is 4. The molecule has 1 unspecified atom stereocenters. The topological polar surface area (TPSA) is 61.8 Å². The van der Waals surface area contributed by atoms with Crippen LogP contribution >= 0.6 is 0 Å². The second kappa shape index (κ2) is 10.3. The molecule has 2 aromatic heterocycles. The number of rotatable bonds is 9. The zero-order valence-electron chi connectivity index (χ0n) is 18.9. The molecule has 0 spiro atoms. The Labute approximate surface area is 193 Å². The molecule has 0 aliphatic carbocycles. The fourth-order valence-corrected chi connectivity index (χ4v) is 4.96. The third-order valence-corrected chi connectivity index (χ3v) is 6.65. The normalized spacial score (nSPS) is 15.8. The Hall–Kier alpha value is -3.03. The van der Waals surface area contributed by atoms with E-state index in [4.69, 9.17) is 0 Å². The fraction of sp³-hybridized carbons (Fsp3) is 0.385. The first-order chi connectivity index (χ1) is 16.2. The largest absolute Gasteiger partial charge is 0.361 e. The Balaban J connectivity index is 1.26. The van der Waals surface area contributed by atoms with Crippen LogP contribution in [0.15, 0.2) is 61.3 Å². The lowest BCUT2D eigenvalue weighted by Crippen LogP contribution is -2.49. The Morgan fingerprint density at radius 2 is 1.97 bits per heavy atom. The molecule has 4 aromatic rings. The smallest absolute Gasteiger partial charge is 0.137 e. The van der Waals surface area contributed by atoms with Crippen molar-refractivity contribution < 1.29 is 4.39 Å². The summed E-state index contributed by atoms with van der Waals surface area (Å²) in [4.78, 5) is 10.0. The van der Waals surface area contributed by atoms with E-state index in [1.54, 1.807) is 18.7 Å². The number of fused-ring (bicyclic) bond motifs is 1. The SMILES string of the molecule is Fc1cccc(CC(CCCc2c[nH]c3ccc(Cn4cncn4)cc23)N2CCNCC2)c1. The Morgan fingerprint density at radius 1 is 1.06 bits per heavy atom. The van der Waals surface area contributed by atoms with Crippen molar-refractivity contribution in [1.82, 2.24) is 30.0 Å². The average Bonchev–Trinajstić information content (AvgIpc) is 3.49. The number of aryl methyl sites for hydroxylation is 1. The van der Waals surface area contributed by atoms with Gasteiger partial charge < -0.3 is 10.3 Å². The molecule has 1 fully saturated rings. The molecule has 3 heterocycles. The number of aromatic nitrogens is 4. The highest BCUT2D eigenvalue weighted by Gasteiger charge is 2.21. The molecule has 2 N–H and O–H groups in total. The van der Waals surface area contributed by atoms with Gasteiger partial charge >= 0.3 is 0 Å². The minimum absolute atomic E-state index is 0.146. The van der Waals surface area contributed by atoms with E-state index in [1.165, 1.54) is 28.1 Å². The lowest BCUT2D eigenvalue weighted by atomic mass is 9.97. The minimum atomic E-state index is -0.146. The van der Waals surface area contributed by atoms with E-state index in [9.17, 15) is 4.39 Å². The highest BCUT2D eigenvalue weighted by Crippen LogP contribution is 2.23. The molecule has 1 saturated heterocycles. The first kappa shape index (κ1) is 21.8. The maximum atomic E-state index is 13.8. The van der Waals surface area contributed by atoms with Crippen LogP contribution < -0.4 is 5.32 Å². The number of aromatic amines is 1. The molecule has 2 aromatic carbocycles. The maximum Gasteiger partial charge on any atom is 0.137 e. The van der Waals surface area contributed by atoms with E-state index < -0.39 is 0 Å². The monoisotopic (exact) mass is 446 g/mol. The van der Waals surface area contributed by atoms with Gasteiger partial charge in [-0.1, -0.05) is 18.2 Å². The molecule has 6 nitrogen and oxygen atoms in total.